The summed E-state index contributed by atoms with van der Waals surface area (Å²) < 4.78 is 1.61. The van der Waals surface area contributed by atoms with E-state index in [9.17, 15) is 15.0 Å². The van der Waals surface area contributed by atoms with E-state index in [1.165, 1.54) is 6.20 Å². The first-order valence-corrected chi connectivity index (χ1v) is 5.09. The molecule has 2 rings (SSSR count). The van der Waals surface area contributed by atoms with Crippen molar-refractivity contribution < 1.29 is 20.1 Å². The zero-order valence-electron chi connectivity index (χ0n) is 8.89. The molecule has 6 heteroatoms. The molecule has 0 saturated carbocycles. The molecule has 2 aromatic rings. The number of carbonyl (C=O) groups is 1. The minimum Gasteiger partial charge on any atom is -0.481 e. The number of pyridine rings is 1. The zero-order chi connectivity index (χ0) is 12.4. The Morgan fingerprint density at radius 2 is 2.18 bits per heavy atom. The zero-order valence-corrected chi connectivity index (χ0v) is 8.89. The van der Waals surface area contributed by atoms with Gasteiger partial charge in [-0.25, -0.2) is 4.98 Å². The number of hydrogen-bond acceptors (Lipinski definition) is 4. The summed E-state index contributed by atoms with van der Waals surface area (Å²) in [5.74, 6) is -1.16. The molecule has 90 valence electrons. The highest BCUT2D eigenvalue weighted by Gasteiger charge is 2.23. The van der Waals surface area contributed by atoms with Crippen molar-refractivity contribution in [3.63, 3.8) is 0 Å². The van der Waals surface area contributed by atoms with Crippen LogP contribution in [-0.4, -0.2) is 36.8 Å². The summed E-state index contributed by atoms with van der Waals surface area (Å²) in [6.07, 6.45) is -0.0307. The molecule has 2 heterocycles. The highest BCUT2D eigenvalue weighted by molar-refractivity contribution is 5.67. The van der Waals surface area contributed by atoms with E-state index in [2.05, 4.69) is 4.98 Å². The maximum Gasteiger partial charge on any atom is 0.306 e. The number of nitrogens with zero attached hydrogens (tertiary/aromatic N) is 2. The van der Waals surface area contributed by atoms with E-state index in [4.69, 9.17) is 5.11 Å². The second-order valence-electron chi connectivity index (χ2n) is 3.72. The van der Waals surface area contributed by atoms with Crippen LogP contribution in [0.1, 0.15) is 18.2 Å². The van der Waals surface area contributed by atoms with E-state index < -0.39 is 24.6 Å². The van der Waals surface area contributed by atoms with Crippen molar-refractivity contribution in [3.8, 4) is 0 Å². The normalized spacial score (nSPS) is 14.7. The van der Waals surface area contributed by atoms with Crippen LogP contribution in [0.15, 0.2) is 30.6 Å². The molecule has 2 atom stereocenters. The Balaban J connectivity index is 2.30. The molecule has 17 heavy (non-hydrogen) atoms. The summed E-state index contributed by atoms with van der Waals surface area (Å²) in [7, 11) is 0. The highest BCUT2D eigenvalue weighted by Crippen LogP contribution is 2.20. The molecule has 0 saturated heterocycles. The van der Waals surface area contributed by atoms with E-state index >= 15 is 0 Å². The van der Waals surface area contributed by atoms with E-state index in [1.807, 2.05) is 0 Å². The van der Waals surface area contributed by atoms with Crippen molar-refractivity contribution in [2.45, 2.75) is 18.6 Å². The molecule has 0 bridgehead atoms. The van der Waals surface area contributed by atoms with Gasteiger partial charge in [0.15, 0.2) is 0 Å². The van der Waals surface area contributed by atoms with Crippen LogP contribution in [0.2, 0.25) is 0 Å². The Kier molecular flexibility index (Phi) is 3.08. The Labute approximate surface area is 96.8 Å². The van der Waals surface area contributed by atoms with Crippen LogP contribution in [0.25, 0.3) is 5.65 Å². The number of carboxylic acid groups (broad SMARTS) is 1. The molecular weight excluding hydrogens is 224 g/mol. The molecule has 3 N–H and O–H groups in total. The van der Waals surface area contributed by atoms with Crippen molar-refractivity contribution in [2.24, 2.45) is 0 Å². The molecule has 0 aromatic carbocycles. The van der Waals surface area contributed by atoms with Crippen molar-refractivity contribution in [3.05, 3.63) is 36.3 Å². The molecule has 6 nitrogen and oxygen atoms in total. The summed E-state index contributed by atoms with van der Waals surface area (Å²) in [6, 6.07) is 5.31. The number of carboxylic acids is 1. The lowest BCUT2D eigenvalue weighted by Crippen LogP contribution is -2.22. The monoisotopic (exact) mass is 236 g/mol. The largest absolute Gasteiger partial charge is 0.481 e. The summed E-state index contributed by atoms with van der Waals surface area (Å²) in [4.78, 5) is 14.5. The van der Waals surface area contributed by atoms with Gasteiger partial charge in [0, 0.05) is 6.20 Å². The summed E-state index contributed by atoms with van der Waals surface area (Å²) >= 11 is 0. The summed E-state index contributed by atoms with van der Waals surface area (Å²) in [5.41, 5.74) is 0.999. The third-order valence-corrected chi connectivity index (χ3v) is 2.50. The molecular formula is C11H12N2O4. The number of hydrogen-bond donors (Lipinski definition) is 3. The van der Waals surface area contributed by atoms with E-state index in [1.54, 1.807) is 28.8 Å². The number of aliphatic hydroxyl groups excluding tert-OH is 2. The topological polar surface area (TPSA) is 95.1 Å². The molecule has 0 aliphatic heterocycles. The average Bonchev–Trinajstić information content (AvgIpc) is 2.70. The lowest BCUT2D eigenvalue weighted by Gasteiger charge is -2.15. The first kappa shape index (κ1) is 11.6. The van der Waals surface area contributed by atoms with Gasteiger partial charge in [0.25, 0.3) is 0 Å². The second kappa shape index (κ2) is 4.52. The van der Waals surface area contributed by atoms with Crippen molar-refractivity contribution >= 4 is 11.6 Å². The molecule has 0 aliphatic rings. The van der Waals surface area contributed by atoms with Crippen LogP contribution >= 0.6 is 0 Å². The average molecular weight is 236 g/mol. The minimum atomic E-state index is -1.35. The van der Waals surface area contributed by atoms with Gasteiger partial charge >= 0.3 is 5.97 Å². The third kappa shape index (κ3) is 2.27. The first-order valence-electron chi connectivity index (χ1n) is 5.09. The van der Waals surface area contributed by atoms with Crippen LogP contribution < -0.4 is 0 Å². The van der Waals surface area contributed by atoms with Gasteiger partial charge < -0.3 is 19.7 Å². The molecule has 0 amide bonds. The van der Waals surface area contributed by atoms with Gasteiger partial charge in [0.2, 0.25) is 0 Å². The van der Waals surface area contributed by atoms with Gasteiger partial charge in [0.05, 0.1) is 24.4 Å². The number of aliphatic carboxylic acids is 1. The van der Waals surface area contributed by atoms with Crippen LogP contribution in [0.5, 0.6) is 0 Å². The van der Waals surface area contributed by atoms with E-state index in [-0.39, 0.29) is 0 Å². The van der Waals surface area contributed by atoms with Gasteiger partial charge in [-0.2, -0.15) is 0 Å². The number of aliphatic hydroxyl groups is 2. The predicted octanol–water partition coefficient (Wildman–Crippen LogP) is 0.203. The Bertz CT molecular complexity index is 537. The molecule has 2 unspecified atom stereocenters. The smallest absolute Gasteiger partial charge is 0.306 e. The lowest BCUT2D eigenvalue weighted by molar-refractivity contribution is -0.141. The summed E-state index contributed by atoms with van der Waals surface area (Å²) in [6.45, 7) is 0. The molecule has 0 spiro atoms. The van der Waals surface area contributed by atoms with Gasteiger partial charge in [-0.3, -0.25) is 4.79 Å². The standard InChI is InChI=1S/C11H12N2O4/c14-8(5-10(15)16)11(17)7-6-12-9-3-1-2-4-13(7)9/h1-4,6,8,11,14,17H,5H2,(H,15,16). The van der Waals surface area contributed by atoms with Crippen LogP contribution in [0.3, 0.4) is 0 Å². The number of rotatable bonds is 4. The number of aromatic nitrogens is 2. The van der Waals surface area contributed by atoms with Crippen molar-refractivity contribution in [1.82, 2.24) is 9.38 Å². The van der Waals surface area contributed by atoms with E-state index in [0.717, 1.165) is 0 Å². The summed E-state index contributed by atoms with van der Waals surface area (Å²) in [5, 5.41) is 27.9. The Morgan fingerprint density at radius 3 is 2.88 bits per heavy atom. The van der Waals surface area contributed by atoms with Gasteiger partial charge in [-0.05, 0) is 12.1 Å². The first-order chi connectivity index (χ1) is 8.09. The molecule has 0 radical (unpaired) electrons. The maximum absolute atomic E-state index is 10.5. The van der Waals surface area contributed by atoms with Crippen LogP contribution in [0.4, 0.5) is 0 Å². The fourth-order valence-corrected chi connectivity index (χ4v) is 1.66. The molecule has 2 aromatic heterocycles. The van der Waals surface area contributed by atoms with Gasteiger partial charge in [-0.1, -0.05) is 6.07 Å². The van der Waals surface area contributed by atoms with Gasteiger partial charge in [0.1, 0.15) is 11.8 Å². The third-order valence-electron chi connectivity index (χ3n) is 2.50. The second-order valence-corrected chi connectivity index (χ2v) is 3.72. The van der Waals surface area contributed by atoms with Crippen LogP contribution in [0, 0.1) is 0 Å². The Hall–Kier alpha value is -1.92. The SMILES string of the molecule is O=C(O)CC(O)C(O)c1cnc2ccccn12. The Morgan fingerprint density at radius 1 is 1.41 bits per heavy atom. The lowest BCUT2D eigenvalue weighted by atomic mass is 10.1. The minimum absolute atomic E-state index is 0.370. The van der Waals surface area contributed by atoms with E-state index in [0.29, 0.717) is 11.3 Å². The van der Waals surface area contributed by atoms with Gasteiger partial charge in [-0.15, -0.1) is 0 Å². The fourth-order valence-electron chi connectivity index (χ4n) is 1.66. The molecule has 0 aliphatic carbocycles. The highest BCUT2D eigenvalue weighted by atomic mass is 16.4. The quantitative estimate of drug-likeness (QED) is 0.705. The fraction of sp³-hybridized carbons (Fsp3) is 0.273. The van der Waals surface area contributed by atoms with Crippen molar-refractivity contribution in [2.75, 3.05) is 0 Å². The predicted molar refractivity (Wildman–Crippen MR) is 58.4 cm³/mol. The van der Waals surface area contributed by atoms with Crippen LogP contribution in [-0.2, 0) is 4.79 Å². The number of fused-ring (bicyclic) bond motifs is 1. The molecule has 0 fully saturated rings. The number of imidazole rings is 1. The maximum atomic E-state index is 10.5. The van der Waals surface area contributed by atoms with Crippen molar-refractivity contribution in [1.29, 1.82) is 0 Å².